The number of para-hydroxylation sites is 1. The minimum Gasteiger partial charge on any atom is -0.480 e. The van der Waals surface area contributed by atoms with Crippen molar-refractivity contribution in [2.24, 2.45) is 0 Å². The molecule has 0 aliphatic rings. The van der Waals surface area contributed by atoms with Gasteiger partial charge in [-0.3, -0.25) is 4.79 Å². The fourth-order valence-electron chi connectivity index (χ4n) is 2.49. The highest BCUT2D eigenvalue weighted by Gasteiger charge is 2.20. The molecule has 2 rings (SSSR count). The van der Waals surface area contributed by atoms with Gasteiger partial charge in [0.05, 0.1) is 11.6 Å². The van der Waals surface area contributed by atoms with Crippen molar-refractivity contribution in [1.82, 2.24) is 5.32 Å². The molecule has 2 aromatic carbocycles. The van der Waals surface area contributed by atoms with E-state index in [4.69, 9.17) is 10.00 Å². The van der Waals surface area contributed by atoms with Crippen LogP contribution in [0.15, 0.2) is 54.6 Å². The molecule has 0 saturated carbocycles. The summed E-state index contributed by atoms with van der Waals surface area (Å²) in [6.07, 6.45) is 1.14. The van der Waals surface area contributed by atoms with Gasteiger partial charge in [-0.15, -0.1) is 0 Å². The van der Waals surface area contributed by atoms with E-state index in [9.17, 15) is 4.79 Å². The van der Waals surface area contributed by atoms with E-state index in [1.165, 1.54) is 0 Å². The minimum absolute atomic E-state index is 0.0408. The van der Waals surface area contributed by atoms with Crippen molar-refractivity contribution >= 4 is 5.91 Å². The van der Waals surface area contributed by atoms with Crippen molar-refractivity contribution < 1.29 is 9.53 Å². The molecule has 0 bridgehead atoms. The zero-order valence-electron chi connectivity index (χ0n) is 14.0. The lowest BCUT2D eigenvalue weighted by atomic mass is 10.0. The molecular weight excluding hydrogens is 300 g/mol. The summed E-state index contributed by atoms with van der Waals surface area (Å²) in [5.41, 5.74) is 1.50. The second kappa shape index (κ2) is 8.73. The van der Waals surface area contributed by atoms with E-state index >= 15 is 0 Å². The van der Waals surface area contributed by atoms with Crippen LogP contribution in [0.25, 0.3) is 0 Å². The monoisotopic (exact) mass is 322 g/mol. The third kappa shape index (κ3) is 4.60. The van der Waals surface area contributed by atoms with Crippen molar-refractivity contribution in [1.29, 1.82) is 5.26 Å². The van der Waals surface area contributed by atoms with Gasteiger partial charge in [0.1, 0.15) is 11.8 Å². The number of nitrogens with one attached hydrogen (secondary N) is 1. The highest BCUT2D eigenvalue weighted by atomic mass is 16.5. The molecule has 0 aliphatic carbocycles. The number of nitriles is 1. The van der Waals surface area contributed by atoms with Crippen LogP contribution < -0.4 is 10.1 Å². The number of benzene rings is 2. The van der Waals surface area contributed by atoms with Crippen molar-refractivity contribution in [3.8, 4) is 11.8 Å². The zero-order chi connectivity index (χ0) is 17.4. The van der Waals surface area contributed by atoms with E-state index in [0.29, 0.717) is 11.3 Å². The molecule has 4 nitrogen and oxygen atoms in total. The molecule has 0 unspecified atom stereocenters. The van der Waals surface area contributed by atoms with Crippen LogP contribution in [0, 0.1) is 11.3 Å². The van der Waals surface area contributed by atoms with Crippen LogP contribution in [-0.2, 0) is 4.79 Å². The number of carbonyl (C=O) groups is 1. The van der Waals surface area contributed by atoms with Gasteiger partial charge in [0.15, 0.2) is 6.10 Å². The number of amides is 1. The maximum absolute atomic E-state index is 12.5. The van der Waals surface area contributed by atoms with Gasteiger partial charge in [0, 0.05) is 0 Å². The van der Waals surface area contributed by atoms with Crippen LogP contribution in [0.5, 0.6) is 5.75 Å². The number of hydrogen-bond donors (Lipinski definition) is 1. The molecule has 0 radical (unpaired) electrons. The lowest BCUT2D eigenvalue weighted by molar-refractivity contribution is -0.128. The SMILES string of the molecule is CCC[C@H](NC(=O)[C@H](C)Oc1ccccc1C#N)c1ccccc1. The fraction of sp³-hybridized carbons (Fsp3) is 0.300. The van der Waals surface area contributed by atoms with E-state index in [2.05, 4.69) is 18.3 Å². The predicted octanol–water partition coefficient (Wildman–Crippen LogP) is 3.98. The summed E-state index contributed by atoms with van der Waals surface area (Å²) in [6.45, 7) is 3.78. The van der Waals surface area contributed by atoms with E-state index < -0.39 is 6.10 Å². The average Bonchev–Trinajstić information content (AvgIpc) is 2.62. The molecule has 1 amide bonds. The highest BCUT2D eigenvalue weighted by molar-refractivity contribution is 5.81. The fourth-order valence-corrected chi connectivity index (χ4v) is 2.49. The summed E-state index contributed by atoms with van der Waals surface area (Å²) >= 11 is 0. The summed E-state index contributed by atoms with van der Waals surface area (Å²) < 4.78 is 5.68. The molecule has 2 atom stereocenters. The molecule has 0 aromatic heterocycles. The van der Waals surface area contributed by atoms with Gasteiger partial charge in [-0.05, 0) is 31.0 Å². The first kappa shape index (κ1) is 17.6. The maximum Gasteiger partial charge on any atom is 0.261 e. The third-order valence-electron chi connectivity index (χ3n) is 3.78. The first-order valence-corrected chi connectivity index (χ1v) is 8.16. The van der Waals surface area contributed by atoms with E-state index in [1.54, 1.807) is 31.2 Å². The van der Waals surface area contributed by atoms with Gasteiger partial charge in [-0.25, -0.2) is 0 Å². The quantitative estimate of drug-likeness (QED) is 0.838. The zero-order valence-corrected chi connectivity index (χ0v) is 14.0. The Hall–Kier alpha value is -2.80. The Balaban J connectivity index is 2.05. The van der Waals surface area contributed by atoms with Crippen molar-refractivity contribution in [3.05, 3.63) is 65.7 Å². The van der Waals surface area contributed by atoms with Crippen LogP contribution in [0.2, 0.25) is 0 Å². The molecule has 4 heteroatoms. The summed E-state index contributed by atoms with van der Waals surface area (Å²) in [7, 11) is 0. The van der Waals surface area contributed by atoms with Crippen LogP contribution in [0.4, 0.5) is 0 Å². The van der Waals surface area contributed by atoms with Gasteiger partial charge >= 0.3 is 0 Å². The van der Waals surface area contributed by atoms with Gasteiger partial charge in [-0.1, -0.05) is 55.8 Å². The highest BCUT2D eigenvalue weighted by Crippen LogP contribution is 2.20. The molecule has 0 heterocycles. The Morgan fingerprint density at radius 2 is 1.83 bits per heavy atom. The molecule has 0 aliphatic heterocycles. The second-order valence-corrected chi connectivity index (χ2v) is 5.63. The Kier molecular flexibility index (Phi) is 6.39. The van der Waals surface area contributed by atoms with Gasteiger partial charge < -0.3 is 10.1 Å². The number of ether oxygens (including phenoxy) is 1. The first-order chi connectivity index (χ1) is 11.7. The molecule has 2 aromatic rings. The van der Waals surface area contributed by atoms with Crippen LogP contribution in [0.1, 0.15) is 43.9 Å². The third-order valence-corrected chi connectivity index (χ3v) is 3.78. The summed E-state index contributed by atoms with van der Waals surface area (Å²) in [5, 5.41) is 12.1. The predicted molar refractivity (Wildman–Crippen MR) is 93.5 cm³/mol. The Morgan fingerprint density at radius 1 is 1.17 bits per heavy atom. The standard InChI is InChI=1S/C20H22N2O2/c1-3-9-18(16-10-5-4-6-11-16)22-20(23)15(2)24-19-13-8-7-12-17(19)14-21/h4-8,10-13,15,18H,3,9H2,1-2H3,(H,22,23)/t15-,18-/m0/s1. The number of nitrogens with zero attached hydrogens (tertiary/aromatic N) is 1. The lowest BCUT2D eigenvalue weighted by Crippen LogP contribution is -2.38. The Labute approximate surface area is 143 Å². The topological polar surface area (TPSA) is 62.1 Å². The molecule has 0 fully saturated rings. The largest absolute Gasteiger partial charge is 0.480 e. The molecule has 1 N–H and O–H groups in total. The van der Waals surface area contributed by atoms with Crippen molar-refractivity contribution in [2.45, 2.75) is 38.8 Å². The van der Waals surface area contributed by atoms with Crippen molar-refractivity contribution in [3.63, 3.8) is 0 Å². The van der Waals surface area contributed by atoms with Crippen LogP contribution >= 0.6 is 0 Å². The smallest absolute Gasteiger partial charge is 0.261 e. The maximum atomic E-state index is 12.5. The summed E-state index contributed by atoms with van der Waals surface area (Å²) in [5.74, 6) is 0.236. The number of carbonyl (C=O) groups excluding carboxylic acids is 1. The normalized spacial score (nSPS) is 12.7. The Morgan fingerprint density at radius 3 is 2.50 bits per heavy atom. The molecule has 24 heavy (non-hydrogen) atoms. The number of rotatable bonds is 7. The second-order valence-electron chi connectivity index (χ2n) is 5.63. The van der Waals surface area contributed by atoms with Gasteiger partial charge in [-0.2, -0.15) is 5.26 Å². The van der Waals surface area contributed by atoms with E-state index in [-0.39, 0.29) is 11.9 Å². The molecule has 0 saturated heterocycles. The average molecular weight is 322 g/mol. The first-order valence-electron chi connectivity index (χ1n) is 8.16. The lowest BCUT2D eigenvalue weighted by Gasteiger charge is -2.22. The van der Waals surface area contributed by atoms with E-state index in [1.807, 2.05) is 30.3 Å². The van der Waals surface area contributed by atoms with Crippen LogP contribution in [-0.4, -0.2) is 12.0 Å². The Bertz CT molecular complexity index is 707. The number of hydrogen-bond acceptors (Lipinski definition) is 3. The molecule has 124 valence electrons. The van der Waals surface area contributed by atoms with Gasteiger partial charge in [0.2, 0.25) is 0 Å². The molecular formula is C20H22N2O2. The summed E-state index contributed by atoms with van der Waals surface area (Å²) in [6, 6.07) is 18.9. The van der Waals surface area contributed by atoms with Crippen molar-refractivity contribution in [2.75, 3.05) is 0 Å². The van der Waals surface area contributed by atoms with E-state index in [0.717, 1.165) is 18.4 Å². The van der Waals surface area contributed by atoms with Crippen LogP contribution in [0.3, 0.4) is 0 Å². The van der Waals surface area contributed by atoms with Gasteiger partial charge in [0.25, 0.3) is 5.91 Å². The minimum atomic E-state index is -0.678. The summed E-state index contributed by atoms with van der Waals surface area (Å²) in [4.78, 5) is 12.5. The molecule has 0 spiro atoms.